The predicted molar refractivity (Wildman–Crippen MR) is 120 cm³/mol. The SMILES string of the molecule is CN=C(NCC(C)(C)c1ccccc1F)N1CCOC(c2cnn(C)c2)C1.I. The Morgan fingerprint density at radius 3 is 2.79 bits per heavy atom. The van der Waals surface area contributed by atoms with E-state index in [0.29, 0.717) is 25.3 Å². The first-order valence-corrected chi connectivity index (χ1v) is 9.21. The van der Waals surface area contributed by atoms with E-state index >= 15 is 0 Å². The Morgan fingerprint density at radius 2 is 2.14 bits per heavy atom. The van der Waals surface area contributed by atoms with Crippen molar-refractivity contribution in [2.24, 2.45) is 12.0 Å². The zero-order valence-corrected chi connectivity index (χ0v) is 19.2. The largest absolute Gasteiger partial charge is 0.370 e. The molecule has 1 unspecified atom stereocenters. The van der Waals surface area contributed by atoms with E-state index in [1.807, 2.05) is 45.4 Å². The number of guanidine groups is 1. The molecule has 1 fully saturated rings. The van der Waals surface area contributed by atoms with Gasteiger partial charge in [-0.3, -0.25) is 9.67 Å². The summed E-state index contributed by atoms with van der Waals surface area (Å²) in [5, 5.41) is 7.64. The molecule has 6 nitrogen and oxygen atoms in total. The number of hydrogen-bond acceptors (Lipinski definition) is 3. The maximum absolute atomic E-state index is 14.2. The van der Waals surface area contributed by atoms with E-state index in [0.717, 1.165) is 18.1 Å². The van der Waals surface area contributed by atoms with Gasteiger partial charge in [-0.1, -0.05) is 32.0 Å². The Bertz CT molecular complexity index is 807. The summed E-state index contributed by atoms with van der Waals surface area (Å²) in [5.74, 6) is 0.624. The van der Waals surface area contributed by atoms with Crippen LogP contribution in [0.15, 0.2) is 41.7 Å². The molecule has 0 aliphatic carbocycles. The highest BCUT2D eigenvalue weighted by Gasteiger charge is 2.28. The molecule has 3 rings (SSSR count). The molecule has 1 aromatic heterocycles. The van der Waals surface area contributed by atoms with Gasteiger partial charge in [0.25, 0.3) is 0 Å². The zero-order valence-electron chi connectivity index (χ0n) is 16.9. The van der Waals surface area contributed by atoms with Crippen LogP contribution in [0.3, 0.4) is 0 Å². The second kappa shape index (κ2) is 9.69. The monoisotopic (exact) mass is 501 g/mol. The predicted octanol–water partition coefficient (Wildman–Crippen LogP) is 3.10. The van der Waals surface area contributed by atoms with Crippen LogP contribution in [0.5, 0.6) is 0 Å². The van der Waals surface area contributed by atoms with Gasteiger partial charge in [-0.15, -0.1) is 24.0 Å². The van der Waals surface area contributed by atoms with Crippen LogP contribution in [0.25, 0.3) is 0 Å². The number of aromatic nitrogens is 2. The Labute approximate surface area is 183 Å². The van der Waals surface area contributed by atoms with Gasteiger partial charge in [0.05, 0.1) is 19.3 Å². The smallest absolute Gasteiger partial charge is 0.193 e. The maximum atomic E-state index is 14.2. The lowest BCUT2D eigenvalue weighted by atomic mass is 9.84. The molecule has 0 bridgehead atoms. The second-order valence-electron chi connectivity index (χ2n) is 7.52. The summed E-state index contributed by atoms with van der Waals surface area (Å²) in [7, 11) is 3.67. The van der Waals surface area contributed by atoms with Gasteiger partial charge < -0.3 is 15.0 Å². The Kier molecular flexibility index (Phi) is 7.82. The molecule has 1 aromatic carbocycles. The van der Waals surface area contributed by atoms with E-state index in [2.05, 4.69) is 20.3 Å². The summed E-state index contributed by atoms with van der Waals surface area (Å²) in [4.78, 5) is 6.60. The standard InChI is InChI=1S/C20H28FN5O.HI/c1-20(2,16-7-5-6-8-17(16)21)14-23-19(22-3)26-9-10-27-18(13-26)15-11-24-25(4)12-15;/h5-8,11-12,18H,9-10,13-14H2,1-4H3,(H,22,23);1H. The van der Waals surface area contributed by atoms with Gasteiger partial charge in [0, 0.05) is 44.4 Å². The van der Waals surface area contributed by atoms with E-state index in [-0.39, 0.29) is 41.3 Å². The fraction of sp³-hybridized carbons (Fsp3) is 0.500. The summed E-state index contributed by atoms with van der Waals surface area (Å²) < 4.78 is 21.9. The van der Waals surface area contributed by atoms with E-state index in [9.17, 15) is 4.39 Å². The van der Waals surface area contributed by atoms with Crippen molar-refractivity contribution < 1.29 is 9.13 Å². The van der Waals surface area contributed by atoms with Crippen LogP contribution in [0, 0.1) is 5.82 Å². The Hall–Kier alpha value is -1.68. The minimum Gasteiger partial charge on any atom is -0.370 e. The quantitative estimate of drug-likeness (QED) is 0.398. The molecule has 154 valence electrons. The number of halogens is 2. The van der Waals surface area contributed by atoms with Gasteiger partial charge in [-0.2, -0.15) is 5.10 Å². The van der Waals surface area contributed by atoms with Gasteiger partial charge in [0.15, 0.2) is 5.96 Å². The minimum atomic E-state index is -0.365. The van der Waals surface area contributed by atoms with Crippen LogP contribution < -0.4 is 5.32 Å². The minimum absolute atomic E-state index is 0. The van der Waals surface area contributed by atoms with Crippen molar-refractivity contribution in [3.63, 3.8) is 0 Å². The summed E-state index contributed by atoms with van der Waals surface area (Å²) in [5.41, 5.74) is 1.39. The molecular weight excluding hydrogens is 472 g/mol. The molecule has 1 aliphatic heterocycles. The highest BCUT2D eigenvalue weighted by molar-refractivity contribution is 14.0. The van der Waals surface area contributed by atoms with Crippen molar-refractivity contribution in [3.8, 4) is 0 Å². The van der Waals surface area contributed by atoms with Gasteiger partial charge in [-0.05, 0) is 11.6 Å². The second-order valence-corrected chi connectivity index (χ2v) is 7.52. The first-order chi connectivity index (χ1) is 12.9. The van der Waals surface area contributed by atoms with E-state index < -0.39 is 0 Å². The molecule has 0 amide bonds. The number of nitrogens with zero attached hydrogens (tertiary/aromatic N) is 4. The van der Waals surface area contributed by atoms with Gasteiger partial charge in [0.1, 0.15) is 11.9 Å². The number of nitrogens with one attached hydrogen (secondary N) is 1. The number of morpholine rings is 1. The summed E-state index contributed by atoms with van der Waals surface area (Å²) >= 11 is 0. The lowest BCUT2D eigenvalue weighted by Gasteiger charge is -2.36. The number of hydrogen-bond donors (Lipinski definition) is 1. The summed E-state index contributed by atoms with van der Waals surface area (Å²) in [6, 6.07) is 6.93. The van der Waals surface area contributed by atoms with Gasteiger partial charge >= 0.3 is 0 Å². The highest BCUT2D eigenvalue weighted by Crippen LogP contribution is 2.25. The number of aryl methyl sites for hydroxylation is 1. The van der Waals surface area contributed by atoms with E-state index in [1.165, 1.54) is 6.07 Å². The molecule has 1 N–H and O–H groups in total. The topological polar surface area (TPSA) is 54.7 Å². The first-order valence-electron chi connectivity index (χ1n) is 9.21. The van der Waals surface area contributed by atoms with Crippen LogP contribution in [0.4, 0.5) is 4.39 Å². The first kappa shape index (κ1) is 22.6. The average molecular weight is 501 g/mol. The maximum Gasteiger partial charge on any atom is 0.193 e. The van der Waals surface area contributed by atoms with Crippen LogP contribution in [0.2, 0.25) is 0 Å². The van der Waals surface area contributed by atoms with Crippen LogP contribution in [0.1, 0.15) is 31.1 Å². The van der Waals surface area contributed by atoms with Crippen LogP contribution in [-0.2, 0) is 17.2 Å². The van der Waals surface area contributed by atoms with E-state index in [1.54, 1.807) is 17.8 Å². The average Bonchev–Trinajstić information content (AvgIpc) is 3.09. The van der Waals surface area contributed by atoms with Crippen molar-refractivity contribution in [1.82, 2.24) is 20.0 Å². The van der Waals surface area contributed by atoms with Crippen molar-refractivity contribution in [1.29, 1.82) is 0 Å². The number of aliphatic imine (C=N–C) groups is 1. The third kappa shape index (κ3) is 5.22. The Balaban J connectivity index is 0.00000280. The normalized spacial score (nSPS) is 18.0. The number of benzene rings is 1. The molecular formula is C20H29FIN5O. The molecule has 2 aromatic rings. The lowest BCUT2D eigenvalue weighted by molar-refractivity contribution is -0.00809. The van der Waals surface area contributed by atoms with Crippen molar-refractivity contribution >= 4 is 29.9 Å². The number of ether oxygens (including phenoxy) is 1. The molecule has 0 radical (unpaired) electrons. The van der Waals surface area contributed by atoms with Crippen LogP contribution >= 0.6 is 24.0 Å². The summed E-state index contributed by atoms with van der Waals surface area (Å²) in [6.07, 6.45) is 3.78. The molecule has 8 heteroatoms. The highest BCUT2D eigenvalue weighted by atomic mass is 127. The number of rotatable bonds is 4. The molecule has 1 aliphatic rings. The molecule has 2 heterocycles. The van der Waals surface area contributed by atoms with Gasteiger partial charge in [-0.25, -0.2) is 4.39 Å². The van der Waals surface area contributed by atoms with E-state index in [4.69, 9.17) is 4.74 Å². The molecule has 1 saturated heterocycles. The van der Waals surface area contributed by atoms with Crippen LogP contribution in [-0.4, -0.2) is 53.9 Å². The molecule has 0 saturated carbocycles. The van der Waals surface area contributed by atoms with Gasteiger partial charge in [0.2, 0.25) is 0 Å². The third-order valence-electron chi connectivity index (χ3n) is 4.97. The Morgan fingerprint density at radius 1 is 1.39 bits per heavy atom. The lowest BCUT2D eigenvalue weighted by Crippen LogP contribution is -2.50. The fourth-order valence-corrected chi connectivity index (χ4v) is 3.39. The third-order valence-corrected chi connectivity index (χ3v) is 4.97. The van der Waals surface area contributed by atoms with Crippen molar-refractivity contribution in [2.45, 2.75) is 25.4 Å². The fourth-order valence-electron chi connectivity index (χ4n) is 3.39. The van der Waals surface area contributed by atoms with Crippen molar-refractivity contribution in [3.05, 3.63) is 53.6 Å². The van der Waals surface area contributed by atoms with Crippen molar-refractivity contribution in [2.75, 3.05) is 33.3 Å². The molecule has 28 heavy (non-hydrogen) atoms. The molecule has 1 atom stereocenters. The summed E-state index contributed by atoms with van der Waals surface area (Å²) in [6.45, 7) is 6.72. The zero-order chi connectivity index (χ0) is 19.4. The molecule has 0 spiro atoms.